The number of hydrogen-bond donors (Lipinski definition) is 0. The molecule has 1 aromatic carbocycles. The lowest BCUT2D eigenvalue weighted by atomic mass is 9.98. The van der Waals surface area contributed by atoms with Crippen molar-refractivity contribution in [2.75, 3.05) is 6.54 Å². The summed E-state index contributed by atoms with van der Waals surface area (Å²) in [7, 11) is 0. The highest BCUT2D eigenvalue weighted by Crippen LogP contribution is 2.23. The molecular weight excluding hydrogens is 254 g/mol. The smallest absolute Gasteiger partial charge is 0.177 e. The highest BCUT2D eigenvalue weighted by atomic mass is 79.9. The van der Waals surface area contributed by atoms with Gasteiger partial charge < -0.3 is 0 Å². The molecule has 80 valence electrons. The third-order valence-electron chi connectivity index (χ3n) is 2.82. The number of carbonyl (C=O) groups excluding carboxylic acids is 1. The minimum absolute atomic E-state index is 0.228. The van der Waals surface area contributed by atoms with Gasteiger partial charge in [-0.15, -0.1) is 0 Å². The van der Waals surface area contributed by atoms with E-state index in [1.54, 1.807) is 0 Å². The van der Waals surface area contributed by atoms with E-state index in [0.717, 1.165) is 22.1 Å². The minimum Gasteiger partial charge on any atom is -0.293 e. The minimum atomic E-state index is 0.228. The van der Waals surface area contributed by atoms with Gasteiger partial charge >= 0.3 is 0 Å². The molecular formula is C12H14BrNO. The normalized spacial score (nSPS) is 16.9. The van der Waals surface area contributed by atoms with E-state index in [4.69, 9.17) is 0 Å². The molecule has 0 aliphatic carbocycles. The zero-order valence-corrected chi connectivity index (χ0v) is 10.5. The number of hydrogen-bond acceptors (Lipinski definition) is 2. The van der Waals surface area contributed by atoms with Crippen LogP contribution in [0.5, 0.6) is 0 Å². The number of Topliss-reactive ketones (excluding diaryl/α,β-unsaturated/α-hetero) is 1. The van der Waals surface area contributed by atoms with E-state index >= 15 is 0 Å². The Morgan fingerprint density at radius 3 is 2.73 bits per heavy atom. The molecule has 1 aliphatic rings. The Bertz CT molecular complexity index is 401. The summed E-state index contributed by atoms with van der Waals surface area (Å²) in [6, 6.07) is 6.38. The molecule has 2 nitrogen and oxygen atoms in total. The van der Waals surface area contributed by atoms with Crippen molar-refractivity contribution in [2.45, 2.75) is 26.4 Å². The van der Waals surface area contributed by atoms with Gasteiger partial charge in [0.1, 0.15) is 0 Å². The van der Waals surface area contributed by atoms with Crippen molar-refractivity contribution in [1.29, 1.82) is 0 Å². The number of rotatable bonds is 1. The quantitative estimate of drug-likeness (QED) is 0.780. The molecule has 0 N–H and O–H groups in total. The van der Waals surface area contributed by atoms with Crippen molar-refractivity contribution < 1.29 is 4.79 Å². The van der Waals surface area contributed by atoms with Crippen molar-refractivity contribution in [1.82, 2.24) is 4.90 Å². The summed E-state index contributed by atoms with van der Waals surface area (Å²) in [6.45, 7) is 5.67. The second kappa shape index (κ2) is 4.06. The van der Waals surface area contributed by atoms with Crippen LogP contribution in [-0.2, 0) is 6.54 Å². The van der Waals surface area contributed by atoms with Crippen LogP contribution in [0.4, 0.5) is 0 Å². The van der Waals surface area contributed by atoms with E-state index in [9.17, 15) is 4.79 Å². The summed E-state index contributed by atoms with van der Waals surface area (Å²) in [5, 5.41) is 0. The van der Waals surface area contributed by atoms with E-state index in [-0.39, 0.29) is 5.78 Å². The second-order valence-corrected chi connectivity index (χ2v) is 5.14. The molecule has 0 bridgehead atoms. The number of carbonyl (C=O) groups is 1. The zero-order chi connectivity index (χ0) is 11.0. The molecule has 1 aliphatic heterocycles. The monoisotopic (exact) mass is 267 g/mol. The van der Waals surface area contributed by atoms with Gasteiger partial charge in [0.05, 0.1) is 6.54 Å². The summed E-state index contributed by atoms with van der Waals surface area (Å²) in [5.74, 6) is 0.228. The Balaban J connectivity index is 2.37. The Kier molecular flexibility index (Phi) is 2.94. The van der Waals surface area contributed by atoms with Gasteiger partial charge in [0.15, 0.2) is 5.78 Å². The first-order valence-corrected chi connectivity index (χ1v) is 5.93. The molecule has 0 unspecified atom stereocenters. The first-order chi connectivity index (χ1) is 7.08. The molecule has 0 spiro atoms. The fourth-order valence-corrected chi connectivity index (χ4v) is 2.22. The zero-order valence-electron chi connectivity index (χ0n) is 8.96. The lowest BCUT2D eigenvalue weighted by molar-refractivity contribution is 0.0868. The summed E-state index contributed by atoms with van der Waals surface area (Å²) < 4.78 is 0.979. The lowest BCUT2D eigenvalue weighted by Crippen LogP contribution is -2.39. The fourth-order valence-electron chi connectivity index (χ4n) is 1.86. The Morgan fingerprint density at radius 2 is 2.07 bits per heavy atom. The van der Waals surface area contributed by atoms with E-state index in [1.807, 2.05) is 18.2 Å². The maximum Gasteiger partial charge on any atom is 0.177 e. The van der Waals surface area contributed by atoms with Gasteiger partial charge in [-0.25, -0.2) is 0 Å². The average molecular weight is 268 g/mol. The standard InChI is InChI=1S/C12H14BrNO/c1-8(2)14-6-9-3-4-10(13)5-11(9)12(15)7-14/h3-5,8H,6-7H2,1-2H3. The van der Waals surface area contributed by atoms with Crippen molar-refractivity contribution in [3.8, 4) is 0 Å². The molecule has 0 saturated carbocycles. The van der Waals surface area contributed by atoms with Crippen molar-refractivity contribution >= 4 is 21.7 Å². The van der Waals surface area contributed by atoms with Gasteiger partial charge in [0, 0.05) is 22.6 Å². The van der Waals surface area contributed by atoms with Crippen molar-refractivity contribution in [3.63, 3.8) is 0 Å². The molecule has 1 heterocycles. The highest BCUT2D eigenvalue weighted by Gasteiger charge is 2.24. The molecule has 3 heteroatoms. The predicted molar refractivity (Wildman–Crippen MR) is 64.0 cm³/mol. The summed E-state index contributed by atoms with van der Waals surface area (Å²) >= 11 is 3.40. The van der Waals surface area contributed by atoms with E-state index in [2.05, 4.69) is 34.7 Å². The highest BCUT2D eigenvalue weighted by molar-refractivity contribution is 9.10. The average Bonchev–Trinajstić information content (AvgIpc) is 2.18. The summed E-state index contributed by atoms with van der Waals surface area (Å²) in [4.78, 5) is 14.1. The molecule has 0 amide bonds. The van der Waals surface area contributed by atoms with Gasteiger partial charge in [0.25, 0.3) is 0 Å². The number of fused-ring (bicyclic) bond motifs is 1. The fraction of sp³-hybridized carbons (Fsp3) is 0.417. The predicted octanol–water partition coefficient (Wildman–Crippen LogP) is 2.86. The Morgan fingerprint density at radius 1 is 1.33 bits per heavy atom. The third kappa shape index (κ3) is 2.13. The van der Waals surface area contributed by atoms with Crippen LogP contribution in [0.15, 0.2) is 22.7 Å². The topological polar surface area (TPSA) is 20.3 Å². The van der Waals surface area contributed by atoms with Gasteiger partial charge in [-0.1, -0.05) is 22.0 Å². The summed E-state index contributed by atoms with van der Waals surface area (Å²) in [5.41, 5.74) is 2.02. The molecule has 0 aromatic heterocycles. The van der Waals surface area contributed by atoms with Crippen LogP contribution in [-0.4, -0.2) is 23.3 Å². The number of nitrogens with zero attached hydrogens (tertiary/aromatic N) is 1. The maximum atomic E-state index is 11.9. The van der Waals surface area contributed by atoms with Gasteiger partial charge in [-0.05, 0) is 31.5 Å². The SMILES string of the molecule is CC(C)N1CC(=O)c2cc(Br)ccc2C1. The number of halogens is 1. The number of ketones is 1. The molecule has 15 heavy (non-hydrogen) atoms. The van der Waals surface area contributed by atoms with Gasteiger partial charge in [-0.3, -0.25) is 9.69 Å². The molecule has 0 radical (unpaired) electrons. The van der Waals surface area contributed by atoms with E-state index in [0.29, 0.717) is 12.6 Å². The molecule has 1 aromatic rings. The largest absolute Gasteiger partial charge is 0.293 e. The van der Waals surface area contributed by atoms with E-state index in [1.165, 1.54) is 0 Å². The van der Waals surface area contributed by atoms with E-state index < -0.39 is 0 Å². The first kappa shape index (κ1) is 10.8. The third-order valence-corrected chi connectivity index (χ3v) is 3.32. The molecule has 0 atom stereocenters. The Labute approximate surface area is 98.4 Å². The van der Waals surface area contributed by atoms with Gasteiger partial charge in [-0.2, -0.15) is 0 Å². The van der Waals surface area contributed by atoms with Crippen LogP contribution in [0, 0.1) is 0 Å². The van der Waals surface area contributed by atoms with Crippen molar-refractivity contribution in [3.05, 3.63) is 33.8 Å². The lowest BCUT2D eigenvalue weighted by Gasteiger charge is -2.30. The molecule has 0 saturated heterocycles. The van der Waals surface area contributed by atoms with Crippen LogP contribution in [0.3, 0.4) is 0 Å². The van der Waals surface area contributed by atoms with Crippen LogP contribution in [0.2, 0.25) is 0 Å². The first-order valence-electron chi connectivity index (χ1n) is 5.13. The second-order valence-electron chi connectivity index (χ2n) is 4.22. The van der Waals surface area contributed by atoms with Crippen LogP contribution < -0.4 is 0 Å². The molecule has 2 rings (SSSR count). The maximum absolute atomic E-state index is 11.9. The summed E-state index contributed by atoms with van der Waals surface area (Å²) in [6.07, 6.45) is 0. The van der Waals surface area contributed by atoms with Crippen LogP contribution >= 0.6 is 15.9 Å². The molecule has 0 fully saturated rings. The Hall–Kier alpha value is -0.670. The van der Waals surface area contributed by atoms with Crippen molar-refractivity contribution in [2.24, 2.45) is 0 Å². The number of benzene rings is 1. The van der Waals surface area contributed by atoms with Crippen LogP contribution in [0.25, 0.3) is 0 Å². The van der Waals surface area contributed by atoms with Crippen LogP contribution in [0.1, 0.15) is 29.8 Å². The van der Waals surface area contributed by atoms with Gasteiger partial charge in [0.2, 0.25) is 0 Å².